The van der Waals surface area contributed by atoms with Crippen LogP contribution in [0.15, 0.2) is 65.2 Å². The number of hydrogen-bond acceptors (Lipinski definition) is 5. The van der Waals surface area contributed by atoms with Crippen LogP contribution in [0.5, 0.6) is 0 Å². The molecule has 1 aliphatic carbocycles. The van der Waals surface area contributed by atoms with E-state index in [4.69, 9.17) is 4.52 Å². The van der Waals surface area contributed by atoms with Crippen LogP contribution in [0.3, 0.4) is 0 Å². The average Bonchev–Trinajstić information content (AvgIpc) is 3.35. The van der Waals surface area contributed by atoms with Gasteiger partial charge in [-0.2, -0.15) is 0 Å². The van der Waals surface area contributed by atoms with Crippen LogP contribution < -0.4 is 10.6 Å². The molecule has 1 aliphatic rings. The van der Waals surface area contributed by atoms with E-state index >= 15 is 0 Å². The van der Waals surface area contributed by atoms with Crippen LogP contribution in [0.2, 0.25) is 0 Å². The van der Waals surface area contributed by atoms with Gasteiger partial charge in [-0.15, -0.1) is 0 Å². The van der Waals surface area contributed by atoms with E-state index in [9.17, 15) is 19.5 Å². The first-order valence-corrected chi connectivity index (χ1v) is 11.7. The molecular formula is C27H29N3O5. The molecule has 1 saturated carbocycles. The molecule has 0 unspecified atom stereocenters. The fourth-order valence-corrected chi connectivity index (χ4v) is 4.31. The number of carbonyl (C=O) groups excluding carboxylic acids is 2. The van der Waals surface area contributed by atoms with Gasteiger partial charge in [0, 0.05) is 23.2 Å². The van der Waals surface area contributed by atoms with E-state index in [1.807, 2.05) is 54.6 Å². The van der Waals surface area contributed by atoms with Gasteiger partial charge in [0.05, 0.1) is 0 Å². The molecule has 0 bridgehead atoms. The quantitative estimate of drug-likeness (QED) is 0.449. The number of carboxylic acid groups (broad SMARTS) is 1. The summed E-state index contributed by atoms with van der Waals surface area (Å²) in [6.07, 6.45) is 3.11. The first-order chi connectivity index (χ1) is 16.7. The molecule has 2 aromatic carbocycles. The molecule has 35 heavy (non-hydrogen) atoms. The monoisotopic (exact) mass is 475 g/mol. The molecule has 1 aromatic heterocycles. The molecule has 1 heterocycles. The Balaban J connectivity index is 1.30. The Kier molecular flexibility index (Phi) is 7.00. The van der Waals surface area contributed by atoms with E-state index in [2.05, 4.69) is 15.8 Å². The van der Waals surface area contributed by atoms with Crippen LogP contribution in [-0.2, 0) is 9.59 Å². The highest BCUT2D eigenvalue weighted by atomic mass is 16.5. The topological polar surface area (TPSA) is 122 Å². The second kappa shape index (κ2) is 10.1. The largest absolute Gasteiger partial charge is 0.480 e. The van der Waals surface area contributed by atoms with Crippen LogP contribution in [0.25, 0.3) is 11.3 Å². The minimum Gasteiger partial charge on any atom is -0.480 e. The fourth-order valence-electron chi connectivity index (χ4n) is 4.31. The summed E-state index contributed by atoms with van der Waals surface area (Å²) in [5.74, 6) is -1.34. The summed E-state index contributed by atoms with van der Waals surface area (Å²) in [4.78, 5) is 36.3. The van der Waals surface area contributed by atoms with Gasteiger partial charge in [-0.1, -0.05) is 47.6 Å². The predicted octanol–water partition coefficient (Wildman–Crippen LogP) is 4.85. The van der Waals surface area contributed by atoms with Crippen molar-refractivity contribution in [1.29, 1.82) is 0 Å². The lowest BCUT2D eigenvalue weighted by Crippen LogP contribution is -2.51. The molecule has 3 aromatic rings. The van der Waals surface area contributed by atoms with Gasteiger partial charge in [0.1, 0.15) is 11.2 Å². The molecule has 1 fully saturated rings. The number of aliphatic carboxylic acids is 1. The van der Waals surface area contributed by atoms with Crippen molar-refractivity contribution < 1.29 is 24.0 Å². The van der Waals surface area contributed by atoms with Crippen LogP contribution in [0, 0.1) is 5.92 Å². The van der Waals surface area contributed by atoms with Crippen LogP contribution in [0.4, 0.5) is 5.69 Å². The summed E-state index contributed by atoms with van der Waals surface area (Å²) in [5, 5.41) is 18.7. The number of nitrogens with one attached hydrogen (secondary N) is 2. The maximum atomic E-state index is 12.6. The van der Waals surface area contributed by atoms with E-state index < -0.39 is 11.5 Å². The molecule has 3 N–H and O–H groups in total. The summed E-state index contributed by atoms with van der Waals surface area (Å²) in [7, 11) is 0. The second-order valence-corrected chi connectivity index (χ2v) is 9.49. The number of amides is 2. The number of benzene rings is 2. The molecule has 0 aliphatic heterocycles. The zero-order valence-electron chi connectivity index (χ0n) is 19.8. The number of rotatable bonds is 7. The van der Waals surface area contributed by atoms with Crippen molar-refractivity contribution >= 4 is 23.5 Å². The normalized spacial score (nSPS) is 18.0. The van der Waals surface area contributed by atoms with E-state index in [-0.39, 0.29) is 23.5 Å². The van der Waals surface area contributed by atoms with Crippen molar-refractivity contribution in [3.05, 3.63) is 72.0 Å². The Morgan fingerprint density at radius 3 is 2.26 bits per heavy atom. The summed E-state index contributed by atoms with van der Waals surface area (Å²) >= 11 is 0. The van der Waals surface area contributed by atoms with Crippen molar-refractivity contribution in [3.8, 4) is 11.3 Å². The summed E-state index contributed by atoms with van der Waals surface area (Å²) in [5.41, 5.74) is 2.00. The minimum absolute atomic E-state index is 0.135. The smallest absolute Gasteiger partial charge is 0.328 e. The number of anilines is 1. The highest BCUT2D eigenvalue weighted by Gasteiger charge is 2.33. The maximum absolute atomic E-state index is 12.6. The maximum Gasteiger partial charge on any atom is 0.328 e. The Hall–Kier alpha value is -3.94. The summed E-state index contributed by atoms with van der Waals surface area (Å²) in [6.45, 7) is 2.98. The first kappa shape index (κ1) is 24.2. The number of carboxylic acids is 1. The van der Waals surface area contributed by atoms with Gasteiger partial charge in [-0.25, -0.2) is 4.79 Å². The highest BCUT2D eigenvalue weighted by molar-refractivity contribution is 6.02. The summed E-state index contributed by atoms with van der Waals surface area (Å²) in [6, 6.07) is 18.8. The zero-order chi connectivity index (χ0) is 25.0. The number of hydrogen-bond donors (Lipinski definition) is 3. The van der Waals surface area contributed by atoms with Gasteiger partial charge in [-0.3, -0.25) is 9.59 Å². The highest BCUT2D eigenvalue weighted by Crippen LogP contribution is 2.36. The second-order valence-electron chi connectivity index (χ2n) is 9.49. The first-order valence-electron chi connectivity index (χ1n) is 11.7. The third kappa shape index (κ3) is 5.77. The Labute approximate surface area is 203 Å². The Morgan fingerprint density at radius 2 is 1.63 bits per heavy atom. The number of nitrogens with zero attached hydrogens (tertiary/aromatic N) is 1. The third-order valence-corrected chi connectivity index (χ3v) is 6.51. The van der Waals surface area contributed by atoms with Gasteiger partial charge >= 0.3 is 5.97 Å². The average molecular weight is 476 g/mol. The molecule has 182 valence electrons. The van der Waals surface area contributed by atoms with Gasteiger partial charge in [-0.05, 0) is 63.1 Å². The van der Waals surface area contributed by atoms with Crippen molar-refractivity contribution in [2.45, 2.75) is 51.0 Å². The van der Waals surface area contributed by atoms with Crippen LogP contribution >= 0.6 is 0 Å². The Morgan fingerprint density at radius 1 is 0.971 bits per heavy atom. The number of aromatic nitrogens is 1. The minimum atomic E-state index is -1.27. The number of carbonyl (C=O) groups is 3. The van der Waals surface area contributed by atoms with Crippen molar-refractivity contribution in [3.63, 3.8) is 0 Å². The SMILES string of the molecule is CC(C)(NC(=O)[C@H]1CC[C@H](c2ccc(NC(=O)c3cc(-c4ccccc4)no3)cc2)CC1)C(=O)O. The third-order valence-electron chi connectivity index (χ3n) is 6.51. The van der Waals surface area contributed by atoms with E-state index in [1.165, 1.54) is 13.8 Å². The molecular weight excluding hydrogens is 446 g/mol. The lowest BCUT2D eigenvalue weighted by molar-refractivity contribution is -0.146. The van der Waals surface area contributed by atoms with Crippen molar-refractivity contribution in [1.82, 2.24) is 10.5 Å². The fraction of sp³-hybridized carbons (Fsp3) is 0.333. The lowest BCUT2D eigenvalue weighted by atomic mass is 9.78. The van der Waals surface area contributed by atoms with E-state index in [0.717, 1.165) is 24.0 Å². The zero-order valence-corrected chi connectivity index (χ0v) is 19.8. The van der Waals surface area contributed by atoms with E-state index in [1.54, 1.807) is 6.07 Å². The molecule has 4 rings (SSSR count). The van der Waals surface area contributed by atoms with Gasteiger partial charge < -0.3 is 20.3 Å². The molecule has 0 radical (unpaired) electrons. The standard InChI is InChI=1S/C27H29N3O5/c1-27(2,26(33)34)29-24(31)20-10-8-17(9-11-20)18-12-14-21(15-13-18)28-25(32)23-16-22(30-35-23)19-6-4-3-5-7-19/h3-7,12-17,20H,8-11H2,1-2H3,(H,28,32)(H,29,31)(H,33,34)/t17-,20-. The van der Waals surface area contributed by atoms with Crippen molar-refractivity contribution in [2.24, 2.45) is 5.92 Å². The van der Waals surface area contributed by atoms with Gasteiger partial charge in [0.15, 0.2) is 0 Å². The van der Waals surface area contributed by atoms with Crippen LogP contribution in [0.1, 0.15) is 61.6 Å². The predicted molar refractivity (Wildman–Crippen MR) is 131 cm³/mol. The molecule has 8 nitrogen and oxygen atoms in total. The molecule has 2 amide bonds. The van der Waals surface area contributed by atoms with Crippen molar-refractivity contribution in [2.75, 3.05) is 5.32 Å². The molecule has 0 saturated heterocycles. The van der Waals surface area contributed by atoms with Gasteiger partial charge in [0.2, 0.25) is 11.7 Å². The molecule has 0 atom stereocenters. The molecule has 8 heteroatoms. The van der Waals surface area contributed by atoms with Crippen LogP contribution in [-0.4, -0.2) is 33.6 Å². The Bertz CT molecular complexity index is 1190. The van der Waals surface area contributed by atoms with E-state index in [0.29, 0.717) is 30.1 Å². The summed E-state index contributed by atoms with van der Waals surface area (Å²) < 4.78 is 5.22. The molecule has 0 spiro atoms. The lowest BCUT2D eigenvalue weighted by Gasteiger charge is -2.30. The van der Waals surface area contributed by atoms with Gasteiger partial charge in [0.25, 0.3) is 5.91 Å².